The number of carbonyl (C=O) groups is 2. The number of amides is 1. The van der Waals surface area contributed by atoms with E-state index in [1.807, 2.05) is 21.1 Å². The Morgan fingerprint density at radius 3 is 1.94 bits per heavy atom. The van der Waals surface area contributed by atoms with Crippen molar-refractivity contribution >= 4 is 11.9 Å². The summed E-state index contributed by atoms with van der Waals surface area (Å²) in [7, 11) is 6.13. The maximum Gasteiger partial charge on any atom is 0.330 e. The summed E-state index contributed by atoms with van der Waals surface area (Å²) in [6.07, 6.45) is 2.23. The van der Waals surface area contributed by atoms with Crippen LogP contribution in [0.2, 0.25) is 0 Å². The standard InChI is InChI=1S/C8H16NO2.C3H5NO/c1-5-8(10)11-7-6-9(2,3)4;1-2-3(4)5/h5H,1,6-7H2,2-4H3;2H,1H2,(H2,4,5)/q+1;. The second-order valence-corrected chi connectivity index (χ2v) is 3.99. The van der Waals surface area contributed by atoms with E-state index in [9.17, 15) is 9.59 Å². The molecule has 0 aromatic rings. The quantitative estimate of drug-likeness (QED) is 0.412. The zero-order valence-electron chi connectivity index (χ0n) is 10.2. The molecule has 2 N–H and O–H groups in total. The molecule has 0 saturated carbocycles. The Hall–Kier alpha value is -1.62. The van der Waals surface area contributed by atoms with Crippen LogP contribution in [0.3, 0.4) is 0 Å². The van der Waals surface area contributed by atoms with Crippen LogP contribution in [0.5, 0.6) is 0 Å². The molecule has 0 radical (unpaired) electrons. The topological polar surface area (TPSA) is 69.4 Å². The van der Waals surface area contributed by atoms with Crippen molar-refractivity contribution in [1.82, 2.24) is 0 Å². The molecule has 16 heavy (non-hydrogen) atoms. The average molecular weight is 229 g/mol. The second-order valence-electron chi connectivity index (χ2n) is 3.99. The molecule has 0 aliphatic heterocycles. The SMILES string of the molecule is C=CC(=O)OCC[N+](C)(C)C.C=CC(N)=O. The van der Waals surface area contributed by atoms with Crippen molar-refractivity contribution in [2.75, 3.05) is 34.3 Å². The maximum atomic E-state index is 10.6. The molecule has 0 bridgehead atoms. The Bertz CT molecular complexity index is 254. The van der Waals surface area contributed by atoms with Crippen molar-refractivity contribution in [3.8, 4) is 0 Å². The van der Waals surface area contributed by atoms with Crippen LogP contribution in [-0.2, 0) is 14.3 Å². The largest absolute Gasteiger partial charge is 0.457 e. The van der Waals surface area contributed by atoms with E-state index in [1.165, 1.54) is 6.08 Å². The summed E-state index contributed by atoms with van der Waals surface area (Å²) in [5.41, 5.74) is 4.53. The third kappa shape index (κ3) is 18.2. The summed E-state index contributed by atoms with van der Waals surface area (Å²) in [6, 6.07) is 0. The summed E-state index contributed by atoms with van der Waals surface area (Å²) in [4.78, 5) is 20.0. The minimum absolute atomic E-state index is 0.349. The van der Waals surface area contributed by atoms with E-state index >= 15 is 0 Å². The van der Waals surface area contributed by atoms with Crippen LogP contribution in [-0.4, -0.2) is 50.7 Å². The van der Waals surface area contributed by atoms with Gasteiger partial charge in [-0.2, -0.15) is 0 Å². The molecule has 0 unspecified atom stereocenters. The predicted octanol–water partition coefficient (Wildman–Crippen LogP) is 0.0795. The lowest BCUT2D eigenvalue weighted by molar-refractivity contribution is -0.870. The smallest absolute Gasteiger partial charge is 0.330 e. The first kappa shape index (κ1) is 16.8. The van der Waals surface area contributed by atoms with Crippen LogP contribution < -0.4 is 5.73 Å². The molecule has 0 heterocycles. The highest BCUT2D eigenvalue weighted by molar-refractivity contribution is 5.85. The molecule has 0 saturated heterocycles. The van der Waals surface area contributed by atoms with Gasteiger partial charge in [-0.15, -0.1) is 0 Å². The highest BCUT2D eigenvalue weighted by atomic mass is 16.5. The van der Waals surface area contributed by atoms with Gasteiger partial charge >= 0.3 is 5.97 Å². The Labute approximate surface area is 96.8 Å². The van der Waals surface area contributed by atoms with Crippen molar-refractivity contribution in [2.24, 2.45) is 5.73 Å². The van der Waals surface area contributed by atoms with Gasteiger partial charge in [-0.05, 0) is 6.08 Å². The fourth-order valence-electron chi connectivity index (χ4n) is 0.479. The molecule has 5 heteroatoms. The molecule has 1 amide bonds. The van der Waals surface area contributed by atoms with Crippen molar-refractivity contribution < 1.29 is 18.8 Å². The fraction of sp³-hybridized carbons (Fsp3) is 0.455. The zero-order chi connectivity index (χ0) is 13.2. The molecule has 0 aliphatic carbocycles. The number of quaternary nitrogens is 1. The number of primary amides is 1. The van der Waals surface area contributed by atoms with Crippen LogP contribution in [0, 0.1) is 0 Å². The Kier molecular flexibility index (Phi) is 9.10. The number of hydrogen-bond donors (Lipinski definition) is 1. The predicted molar refractivity (Wildman–Crippen MR) is 63.4 cm³/mol. The van der Waals surface area contributed by atoms with Gasteiger partial charge in [0.1, 0.15) is 13.2 Å². The number of hydrogen-bond acceptors (Lipinski definition) is 3. The molecule has 0 rings (SSSR count). The molecule has 92 valence electrons. The number of rotatable bonds is 5. The molecule has 0 aromatic carbocycles. The van der Waals surface area contributed by atoms with Gasteiger partial charge in [-0.1, -0.05) is 13.2 Å². The van der Waals surface area contributed by atoms with Crippen LogP contribution in [0.1, 0.15) is 0 Å². The van der Waals surface area contributed by atoms with E-state index in [2.05, 4.69) is 18.9 Å². The molecule has 0 aromatic heterocycles. The first-order chi connectivity index (χ1) is 7.22. The van der Waals surface area contributed by atoms with Gasteiger partial charge in [0.25, 0.3) is 0 Å². The van der Waals surface area contributed by atoms with E-state index < -0.39 is 5.91 Å². The Balaban J connectivity index is 0. The van der Waals surface area contributed by atoms with E-state index in [0.29, 0.717) is 6.61 Å². The number of nitrogens with two attached hydrogens (primary N) is 1. The number of ether oxygens (including phenoxy) is 1. The highest BCUT2D eigenvalue weighted by Gasteiger charge is 2.06. The van der Waals surface area contributed by atoms with Crippen LogP contribution in [0.4, 0.5) is 0 Å². The molecule has 0 atom stereocenters. The minimum atomic E-state index is -0.481. The Morgan fingerprint density at radius 1 is 1.25 bits per heavy atom. The van der Waals surface area contributed by atoms with Gasteiger partial charge in [-0.3, -0.25) is 4.79 Å². The van der Waals surface area contributed by atoms with Crippen molar-refractivity contribution in [1.29, 1.82) is 0 Å². The van der Waals surface area contributed by atoms with Gasteiger partial charge < -0.3 is 15.0 Å². The maximum absolute atomic E-state index is 10.6. The van der Waals surface area contributed by atoms with Crippen LogP contribution >= 0.6 is 0 Å². The van der Waals surface area contributed by atoms with Gasteiger partial charge in [0.2, 0.25) is 5.91 Å². The Morgan fingerprint density at radius 2 is 1.69 bits per heavy atom. The number of nitrogens with zero attached hydrogens (tertiary/aromatic N) is 1. The second kappa shape index (κ2) is 8.67. The molecular formula is C11H21N2O3+. The molecule has 0 aliphatic rings. The van der Waals surface area contributed by atoms with E-state index in [-0.39, 0.29) is 5.97 Å². The summed E-state index contributed by atoms with van der Waals surface area (Å²) < 4.78 is 5.59. The van der Waals surface area contributed by atoms with Gasteiger partial charge in [-0.25, -0.2) is 4.79 Å². The molecular weight excluding hydrogens is 208 g/mol. The number of carbonyl (C=O) groups excluding carboxylic acids is 2. The van der Waals surface area contributed by atoms with Crippen molar-refractivity contribution in [3.63, 3.8) is 0 Å². The van der Waals surface area contributed by atoms with Crippen LogP contribution in [0.25, 0.3) is 0 Å². The van der Waals surface area contributed by atoms with Crippen molar-refractivity contribution in [2.45, 2.75) is 0 Å². The monoisotopic (exact) mass is 229 g/mol. The van der Waals surface area contributed by atoms with Gasteiger partial charge in [0, 0.05) is 6.08 Å². The average Bonchev–Trinajstić information content (AvgIpc) is 2.16. The lowest BCUT2D eigenvalue weighted by atomic mass is 10.5. The summed E-state index contributed by atoms with van der Waals surface area (Å²) >= 11 is 0. The minimum Gasteiger partial charge on any atom is -0.457 e. The summed E-state index contributed by atoms with van der Waals surface area (Å²) in [5, 5.41) is 0. The molecule has 0 spiro atoms. The van der Waals surface area contributed by atoms with Crippen molar-refractivity contribution in [3.05, 3.63) is 25.3 Å². The van der Waals surface area contributed by atoms with E-state index in [0.717, 1.165) is 17.1 Å². The number of esters is 1. The lowest BCUT2D eigenvalue weighted by Gasteiger charge is -2.23. The molecule has 0 fully saturated rings. The highest BCUT2D eigenvalue weighted by Crippen LogP contribution is 1.89. The summed E-state index contributed by atoms with van der Waals surface area (Å²) in [5.74, 6) is -0.830. The third-order valence-corrected chi connectivity index (χ3v) is 1.37. The first-order valence-electron chi connectivity index (χ1n) is 4.74. The third-order valence-electron chi connectivity index (χ3n) is 1.37. The van der Waals surface area contributed by atoms with E-state index in [1.54, 1.807) is 0 Å². The van der Waals surface area contributed by atoms with Gasteiger partial charge in [0.05, 0.1) is 21.1 Å². The summed E-state index contributed by atoms with van der Waals surface area (Å²) in [6.45, 7) is 7.65. The lowest BCUT2D eigenvalue weighted by Crippen LogP contribution is -2.37. The van der Waals surface area contributed by atoms with Gasteiger partial charge in [0.15, 0.2) is 0 Å². The molecule has 5 nitrogen and oxygen atoms in total. The fourth-order valence-corrected chi connectivity index (χ4v) is 0.479. The normalized spacial score (nSPS) is 9.44. The first-order valence-corrected chi connectivity index (χ1v) is 4.74. The van der Waals surface area contributed by atoms with E-state index in [4.69, 9.17) is 4.74 Å². The zero-order valence-corrected chi connectivity index (χ0v) is 10.2. The number of likely N-dealkylation sites (N-methyl/N-ethyl adjacent to an activating group) is 1. The van der Waals surface area contributed by atoms with Crippen LogP contribution in [0.15, 0.2) is 25.3 Å².